The molecule has 1 aromatic rings. The van der Waals surface area contributed by atoms with E-state index in [0.29, 0.717) is 5.56 Å². The van der Waals surface area contributed by atoms with E-state index in [0.717, 1.165) is 12.1 Å². The third kappa shape index (κ3) is 4.14. The topological polar surface area (TPSA) is 50.1 Å². The zero-order chi connectivity index (χ0) is 14.5. The number of nitriles is 1. The van der Waals surface area contributed by atoms with Gasteiger partial charge in [-0.05, 0) is 30.7 Å². The molecule has 0 fully saturated rings. The van der Waals surface area contributed by atoms with Crippen LogP contribution in [0, 0.1) is 11.3 Å². The Morgan fingerprint density at radius 2 is 1.95 bits per heavy atom. The molecule has 19 heavy (non-hydrogen) atoms. The molecule has 0 amide bonds. The smallest absolute Gasteiger partial charge is 0.416 e. The predicted octanol–water partition coefficient (Wildman–Crippen LogP) is 3.18. The second-order valence-electron chi connectivity index (χ2n) is 3.51. The van der Waals surface area contributed by atoms with Gasteiger partial charge in [-0.2, -0.15) is 18.4 Å². The molecule has 0 atom stereocenters. The fraction of sp³-hybridized carbons (Fsp3) is 0.231. The highest BCUT2D eigenvalue weighted by Crippen LogP contribution is 2.29. The van der Waals surface area contributed by atoms with E-state index in [1.807, 2.05) is 0 Å². The summed E-state index contributed by atoms with van der Waals surface area (Å²) in [5.74, 6) is -0.801. The van der Waals surface area contributed by atoms with Crippen LogP contribution >= 0.6 is 0 Å². The Bertz CT molecular complexity index is 524. The van der Waals surface area contributed by atoms with E-state index in [-0.39, 0.29) is 12.2 Å². The number of benzene rings is 1. The van der Waals surface area contributed by atoms with Gasteiger partial charge in [-0.15, -0.1) is 0 Å². The van der Waals surface area contributed by atoms with E-state index in [1.165, 1.54) is 18.2 Å². The SMILES string of the molecule is CCOC(=O)/C(C#N)=C\c1ccc(C(F)(F)F)cc1. The van der Waals surface area contributed by atoms with E-state index in [1.54, 1.807) is 13.0 Å². The summed E-state index contributed by atoms with van der Waals surface area (Å²) in [4.78, 5) is 11.3. The molecule has 6 heteroatoms. The van der Waals surface area contributed by atoms with Gasteiger partial charge in [0.25, 0.3) is 0 Å². The van der Waals surface area contributed by atoms with Crippen LogP contribution in [0.1, 0.15) is 18.1 Å². The lowest BCUT2D eigenvalue weighted by atomic mass is 10.1. The van der Waals surface area contributed by atoms with Crippen molar-refractivity contribution in [3.63, 3.8) is 0 Å². The second kappa shape index (κ2) is 6.05. The Labute approximate surface area is 107 Å². The maximum atomic E-state index is 12.3. The van der Waals surface area contributed by atoms with Crippen molar-refractivity contribution >= 4 is 12.0 Å². The van der Waals surface area contributed by atoms with Gasteiger partial charge in [-0.1, -0.05) is 12.1 Å². The molecule has 0 spiro atoms. The van der Waals surface area contributed by atoms with Crippen LogP contribution in [0.3, 0.4) is 0 Å². The van der Waals surface area contributed by atoms with Gasteiger partial charge in [0, 0.05) is 0 Å². The minimum Gasteiger partial charge on any atom is -0.462 e. The van der Waals surface area contributed by atoms with Gasteiger partial charge >= 0.3 is 12.1 Å². The van der Waals surface area contributed by atoms with E-state index in [9.17, 15) is 18.0 Å². The summed E-state index contributed by atoms with van der Waals surface area (Å²) >= 11 is 0. The zero-order valence-corrected chi connectivity index (χ0v) is 9.99. The molecule has 0 heterocycles. The normalized spacial score (nSPS) is 11.8. The Morgan fingerprint density at radius 3 is 2.37 bits per heavy atom. The maximum Gasteiger partial charge on any atom is 0.416 e. The first-order valence-electron chi connectivity index (χ1n) is 5.34. The first-order chi connectivity index (χ1) is 8.88. The first-order valence-corrected chi connectivity index (χ1v) is 5.34. The van der Waals surface area contributed by atoms with Crippen molar-refractivity contribution in [2.75, 3.05) is 6.61 Å². The quantitative estimate of drug-likeness (QED) is 0.481. The third-order valence-corrected chi connectivity index (χ3v) is 2.16. The molecule has 0 aliphatic carbocycles. The van der Waals surface area contributed by atoms with Gasteiger partial charge in [-0.3, -0.25) is 0 Å². The monoisotopic (exact) mass is 269 g/mol. The molecule has 0 saturated carbocycles. The lowest BCUT2D eigenvalue weighted by Crippen LogP contribution is -2.06. The molecule has 0 aliphatic rings. The van der Waals surface area contributed by atoms with Crippen molar-refractivity contribution in [2.45, 2.75) is 13.1 Å². The molecular formula is C13H10F3NO2. The van der Waals surface area contributed by atoms with Gasteiger partial charge in [0.1, 0.15) is 11.6 Å². The number of rotatable bonds is 3. The van der Waals surface area contributed by atoms with Crippen molar-refractivity contribution in [3.8, 4) is 6.07 Å². The fourth-order valence-corrected chi connectivity index (χ4v) is 1.28. The molecule has 1 aromatic carbocycles. The van der Waals surface area contributed by atoms with Crippen molar-refractivity contribution in [1.29, 1.82) is 5.26 Å². The van der Waals surface area contributed by atoms with Crippen LogP contribution in [0.15, 0.2) is 29.8 Å². The lowest BCUT2D eigenvalue weighted by molar-refractivity contribution is -0.138. The van der Waals surface area contributed by atoms with E-state index >= 15 is 0 Å². The number of hydrogen-bond donors (Lipinski definition) is 0. The Kier molecular flexibility index (Phi) is 4.70. The predicted molar refractivity (Wildman–Crippen MR) is 61.7 cm³/mol. The van der Waals surface area contributed by atoms with Crippen LogP contribution < -0.4 is 0 Å². The summed E-state index contributed by atoms with van der Waals surface area (Å²) < 4.78 is 41.6. The number of esters is 1. The summed E-state index contributed by atoms with van der Waals surface area (Å²) in [6.45, 7) is 1.70. The van der Waals surface area contributed by atoms with Gasteiger partial charge in [0.05, 0.1) is 12.2 Å². The lowest BCUT2D eigenvalue weighted by Gasteiger charge is -2.06. The van der Waals surface area contributed by atoms with Crippen molar-refractivity contribution in [1.82, 2.24) is 0 Å². The van der Waals surface area contributed by atoms with Gasteiger partial charge in [-0.25, -0.2) is 4.79 Å². The third-order valence-electron chi connectivity index (χ3n) is 2.16. The van der Waals surface area contributed by atoms with Crippen LogP contribution in [0.4, 0.5) is 13.2 Å². The maximum absolute atomic E-state index is 12.3. The van der Waals surface area contributed by atoms with Gasteiger partial charge in [0.2, 0.25) is 0 Å². The molecule has 0 unspecified atom stereocenters. The van der Waals surface area contributed by atoms with Crippen LogP contribution in [-0.2, 0) is 15.7 Å². The van der Waals surface area contributed by atoms with E-state index in [2.05, 4.69) is 4.74 Å². The first kappa shape index (κ1) is 14.8. The number of carbonyl (C=O) groups is 1. The van der Waals surface area contributed by atoms with Crippen LogP contribution in [0.5, 0.6) is 0 Å². The van der Waals surface area contributed by atoms with Crippen molar-refractivity contribution in [3.05, 3.63) is 41.0 Å². The second-order valence-corrected chi connectivity index (χ2v) is 3.51. The number of nitrogens with zero attached hydrogens (tertiary/aromatic N) is 1. The standard InChI is InChI=1S/C13H10F3NO2/c1-2-19-12(18)10(8-17)7-9-3-5-11(6-4-9)13(14,15)16/h3-7H,2H2,1H3/b10-7-. The summed E-state index contributed by atoms with van der Waals surface area (Å²) in [6, 6.07) is 5.77. The summed E-state index contributed by atoms with van der Waals surface area (Å²) in [7, 11) is 0. The average molecular weight is 269 g/mol. The summed E-state index contributed by atoms with van der Waals surface area (Å²) in [6.07, 6.45) is -3.24. The number of ether oxygens (including phenoxy) is 1. The molecule has 0 aliphatic heterocycles. The summed E-state index contributed by atoms with van der Waals surface area (Å²) in [5.41, 5.74) is -0.737. The number of halogens is 3. The molecule has 3 nitrogen and oxygen atoms in total. The van der Waals surface area contributed by atoms with Gasteiger partial charge < -0.3 is 4.74 Å². The van der Waals surface area contributed by atoms with Crippen LogP contribution in [0.2, 0.25) is 0 Å². The summed E-state index contributed by atoms with van der Waals surface area (Å²) in [5, 5.41) is 8.77. The zero-order valence-electron chi connectivity index (χ0n) is 9.99. The van der Waals surface area contributed by atoms with Crippen LogP contribution in [0.25, 0.3) is 6.08 Å². The van der Waals surface area contributed by atoms with Crippen molar-refractivity contribution < 1.29 is 22.7 Å². The molecular weight excluding hydrogens is 259 g/mol. The molecule has 0 bridgehead atoms. The van der Waals surface area contributed by atoms with Crippen LogP contribution in [-0.4, -0.2) is 12.6 Å². The average Bonchev–Trinajstić information content (AvgIpc) is 2.35. The Morgan fingerprint density at radius 1 is 1.37 bits per heavy atom. The molecule has 0 saturated heterocycles. The van der Waals surface area contributed by atoms with Crippen molar-refractivity contribution in [2.24, 2.45) is 0 Å². The highest BCUT2D eigenvalue weighted by Gasteiger charge is 2.29. The Balaban J connectivity index is 2.98. The van der Waals surface area contributed by atoms with Gasteiger partial charge in [0.15, 0.2) is 0 Å². The molecule has 0 aromatic heterocycles. The number of alkyl halides is 3. The van der Waals surface area contributed by atoms with E-state index < -0.39 is 17.7 Å². The molecule has 0 radical (unpaired) electrons. The number of carbonyl (C=O) groups excluding carboxylic acids is 1. The molecule has 0 N–H and O–H groups in total. The highest BCUT2D eigenvalue weighted by molar-refractivity contribution is 5.97. The number of hydrogen-bond acceptors (Lipinski definition) is 3. The minimum absolute atomic E-state index is 0.116. The molecule has 100 valence electrons. The molecule has 1 rings (SSSR count). The fourth-order valence-electron chi connectivity index (χ4n) is 1.28. The Hall–Kier alpha value is -2.29. The van der Waals surface area contributed by atoms with E-state index in [4.69, 9.17) is 5.26 Å². The highest BCUT2D eigenvalue weighted by atomic mass is 19.4. The largest absolute Gasteiger partial charge is 0.462 e. The minimum atomic E-state index is -4.42.